The molecular formula is C13H19N3O. The lowest BCUT2D eigenvalue weighted by atomic mass is 10.2. The van der Waals surface area contributed by atoms with Crippen molar-refractivity contribution in [1.82, 2.24) is 9.88 Å². The molecule has 0 atom stereocenters. The summed E-state index contributed by atoms with van der Waals surface area (Å²) in [7, 11) is 3.68. The van der Waals surface area contributed by atoms with Crippen LogP contribution in [0.2, 0.25) is 0 Å². The van der Waals surface area contributed by atoms with Gasteiger partial charge in [-0.3, -0.25) is 4.79 Å². The first-order valence-corrected chi connectivity index (χ1v) is 6.02. The van der Waals surface area contributed by atoms with Crippen molar-refractivity contribution in [2.75, 3.05) is 26.0 Å². The maximum absolute atomic E-state index is 12.2. The SMILES string of the molecule is CNc1cc(C(=O)N(C)CC2CC2)cc(C)n1. The summed E-state index contributed by atoms with van der Waals surface area (Å²) < 4.78 is 0. The molecule has 1 saturated carbocycles. The highest BCUT2D eigenvalue weighted by Crippen LogP contribution is 2.29. The highest BCUT2D eigenvalue weighted by molar-refractivity contribution is 5.94. The Hall–Kier alpha value is -1.58. The zero-order valence-electron chi connectivity index (χ0n) is 10.7. The largest absolute Gasteiger partial charge is 0.373 e. The summed E-state index contributed by atoms with van der Waals surface area (Å²) in [5, 5.41) is 2.97. The van der Waals surface area contributed by atoms with E-state index in [9.17, 15) is 4.79 Å². The number of aryl methyl sites for hydroxylation is 1. The number of aromatic nitrogens is 1. The normalized spacial score (nSPS) is 14.5. The van der Waals surface area contributed by atoms with Gasteiger partial charge in [0.05, 0.1) is 0 Å². The quantitative estimate of drug-likeness (QED) is 0.864. The van der Waals surface area contributed by atoms with E-state index in [0.717, 1.165) is 24.0 Å². The Kier molecular flexibility index (Phi) is 3.31. The Morgan fingerprint density at radius 1 is 1.53 bits per heavy atom. The first kappa shape index (κ1) is 11.9. The third kappa shape index (κ3) is 2.96. The summed E-state index contributed by atoms with van der Waals surface area (Å²) in [6.07, 6.45) is 2.52. The lowest BCUT2D eigenvalue weighted by molar-refractivity contribution is 0.0788. The molecule has 0 bridgehead atoms. The molecule has 17 heavy (non-hydrogen) atoms. The topological polar surface area (TPSA) is 45.2 Å². The second-order valence-corrected chi connectivity index (χ2v) is 4.76. The summed E-state index contributed by atoms with van der Waals surface area (Å²) in [6, 6.07) is 3.64. The van der Waals surface area contributed by atoms with Crippen molar-refractivity contribution in [3.8, 4) is 0 Å². The summed E-state index contributed by atoms with van der Waals surface area (Å²) in [5.41, 5.74) is 1.57. The lowest BCUT2D eigenvalue weighted by Crippen LogP contribution is -2.28. The molecule has 1 aromatic heterocycles. The van der Waals surface area contributed by atoms with Gasteiger partial charge in [0.2, 0.25) is 0 Å². The number of nitrogens with one attached hydrogen (secondary N) is 1. The summed E-state index contributed by atoms with van der Waals surface area (Å²) in [5.74, 6) is 1.54. The molecule has 0 spiro atoms. The molecule has 1 aromatic rings. The van der Waals surface area contributed by atoms with Crippen LogP contribution in [0.25, 0.3) is 0 Å². The number of hydrogen-bond donors (Lipinski definition) is 1. The van der Waals surface area contributed by atoms with Gasteiger partial charge in [-0.25, -0.2) is 4.98 Å². The molecule has 1 amide bonds. The van der Waals surface area contributed by atoms with Crippen molar-refractivity contribution in [1.29, 1.82) is 0 Å². The van der Waals surface area contributed by atoms with Gasteiger partial charge in [0, 0.05) is 31.9 Å². The van der Waals surface area contributed by atoms with Gasteiger partial charge < -0.3 is 10.2 Å². The van der Waals surface area contributed by atoms with Crippen molar-refractivity contribution in [2.24, 2.45) is 5.92 Å². The minimum absolute atomic E-state index is 0.0823. The second-order valence-electron chi connectivity index (χ2n) is 4.76. The monoisotopic (exact) mass is 233 g/mol. The van der Waals surface area contributed by atoms with Crippen molar-refractivity contribution in [3.05, 3.63) is 23.4 Å². The Bertz CT molecular complexity index is 427. The van der Waals surface area contributed by atoms with E-state index in [0.29, 0.717) is 5.56 Å². The third-order valence-electron chi connectivity index (χ3n) is 3.03. The molecule has 4 nitrogen and oxygen atoms in total. The van der Waals surface area contributed by atoms with Crippen LogP contribution >= 0.6 is 0 Å². The predicted molar refractivity (Wildman–Crippen MR) is 68.2 cm³/mol. The van der Waals surface area contributed by atoms with E-state index >= 15 is 0 Å². The molecule has 1 aliphatic rings. The second kappa shape index (κ2) is 4.73. The van der Waals surface area contributed by atoms with E-state index in [1.54, 1.807) is 6.07 Å². The standard InChI is InChI=1S/C13H19N3O/c1-9-6-11(7-12(14-2)15-9)13(17)16(3)8-10-4-5-10/h6-7,10H,4-5,8H2,1-3H3,(H,14,15). The number of rotatable bonds is 4. The first-order valence-electron chi connectivity index (χ1n) is 6.02. The molecule has 0 aliphatic heterocycles. The van der Waals surface area contributed by atoms with Gasteiger partial charge >= 0.3 is 0 Å². The van der Waals surface area contributed by atoms with Gasteiger partial charge in [-0.15, -0.1) is 0 Å². The van der Waals surface area contributed by atoms with Crippen LogP contribution in [-0.4, -0.2) is 36.4 Å². The molecule has 1 fully saturated rings. The van der Waals surface area contributed by atoms with Gasteiger partial charge in [0.25, 0.3) is 5.91 Å². The summed E-state index contributed by atoms with van der Waals surface area (Å²) in [6.45, 7) is 2.77. The van der Waals surface area contributed by atoms with Crippen LogP contribution in [0.1, 0.15) is 28.9 Å². The predicted octanol–water partition coefficient (Wildman–Crippen LogP) is 1.91. The average Bonchev–Trinajstić information content (AvgIpc) is 3.10. The molecule has 1 heterocycles. The Morgan fingerprint density at radius 3 is 2.82 bits per heavy atom. The Balaban J connectivity index is 2.13. The van der Waals surface area contributed by atoms with E-state index in [4.69, 9.17) is 0 Å². The van der Waals surface area contributed by atoms with E-state index in [1.807, 2.05) is 32.0 Å². The van der Waals surface area contributed by atoms with Gasteiger partial charge in [0.15, 0.2) is 0 Å². The van der Waals surface area contributed by atoms with Crippen LogP contribution in [0.5, 0.6) is 0 Å². The number of carbonyl (C=O) groups excluding carboxylic acids is 1. The van der Waals surface area contributed by atoms with Crippen molar-refractivity contribution in [3.63, 3.8) is 0 Å². The summed E-state index contributed by atoms with van der Waals surface area (Å²) >= 11 is 0. The molecule has 0 radical (unpaired) electrons. The first-order chi connectivity index (χ1) is 8.10. The smallest absolute Gasteiger partial charge is 0.253 e. The molecule has 0 saturated heterocycles. The maximum atomic E-state index is 12.2. The molecule has 1 N–H and O–H groups in total. The van der Waals surface area contributed by atoms with Gasteiger partial charge in [-0.05, 0) is 37.8 Å². The minimum atomic E-state index is 0.0823. The fourth-order valence-corrected chi connectivity index (χ4v) is 1.91. The Morgan fingerprint density at radius 2 is 2.24 bits per heavy atom. The maximum Gasteiger partial charge on any atom is 0.253 e. The van der Waals surface area contributed by atoms with Crippen molar-refractivity contribution >= 4 is 11.7 Å². The van der Waals surface area contributed by atoms with Crippen molar-refractivity contribution in [2.45, 2.75) is 19.8 Å². The van der Waals surface area contributed by atoms with Gasteiger partial charge in [-0.2, -0.15) is 0 Å². The number of carbonyl (C=O) groups is 1. The molecule has 4 heteroatoms. The minimum Gasteiger partial charge on any atom is -0.373 e. The molecule has 1 aliphatic carbocycles. The van der Waals surface area contributed by atoms with Gasteiger partial charge in [-0.1, -0.05) is 0 Å². The Labute approximate surface area is 102 Å². The zero-order valence-corrected chi connectivity index (χ0v) is 10.7. The van der Waals surface area contributed by atoms with Crippen LogP contribution in [0.3, 0.4) is 0 Å². The van der Waals surface area contributed by atoms with E-state index in [2.05, 4.69) is 10.3 Å². The molecular weight excluding hydrogens is 214 g/mol. The fourth-order valence-electron chi connectivity index (χ4n) is 1.91. The molecule has 92 valence electrons. The van der Waals surface area contributed by atoms with Crippen LogP contribution in [-0.2, 0) is 0 Å². The molecule has 0 unspecified atom stereocenters. The average molecular weight is 233 g/mol. The van der Waals surface area contributed by atoms with E-state index in [1.165, 1.54) is 12.8 Å². The number of amides is 1. The van der Waals surface area contributed by atoms with Crippen molar-refractivity contribution < 1.29 is 4.79 Å². The van der Waals surface area contributed by atoms with Crippen LogP contribution < -0.4 is 5.32 Å². The van der Waals surface area contributed by atoms with Crippen LogP contribution in [0.15, 0.2) is 12.1 Å². The fraction of sp³-hybridized carbons (Fsp3) is 0.538. The zero-order chi connectivity index (χ0) is 12.4. The van der Waals surface area contributed by atoms with Gasteiger partial charge in [0.1, 0.15) is 5.82 Å². The number of anilines is 1. The number of hydrogen-bond acceptors (Lipinski definition) is 3. The van der Waals surface area contributed by atoms with E-state index in [-0.39, 0.29) is 5.91 Å². The van der Waals surface area contributed by atoms with Crippen LogP contribution in [0.4, 0.5) is 5.82 Å². The lowest BCUT2D eigenvalue weighted by Gasteiger charge is -2.17. The highest BCUT2D eigenvalue weighted by atomic mass is 16.2. The third-order valence-corrected chi connectivity index (χ3v) is 3.03. The number of pyridine rings is 1. The molecule has 0 aromatic carbocycles. The number of nitrogens with zero attached hydrogens (tertiary/aromatic N) is 2. The van der Waals surface area contributed by atoms with Crippen LogP contribution in [0, 0.1) is 12.8 Å². The van der Waals surface area contributed by atoms with E-state index < -0.39 is 0 Å². The summed E-state index contributed by atoms with van der Waals surface area (Å²) in [4.78, 5) is 18.3. The molecule has 2 rings (SSSR count). The highest BCUT2D eigenvalue weighted by Gasteiger charge is 2.25.